The van der Waals surface area contributed by atoms with E-state index in [4.69, 9.17) is 16.3 Å². The van der Waals surface area contributed by atoms with Crippen LogP contribution in [0.3, 0.4) is 0 Å². The summed E-state index contributed by atoms with van der Waals surface area (Å²) in [6.45, 7) is 2.90. The molecule has 0 radical (unpaired) electrons. The SMILES string of the molecule is COc1cc(C)c2c(c1)CC=CN(CC(=O)NCC(=O)N(C)Cc1ccc(NCCN(C)C)c(Cl)c1)S2(=O)=O. The summed E-state index contributed by atoms with van der Waals surface area (Å²) in [5, 5.41) is 6.37. The molecule has 0 unspecified atom stereocenters. The van der Waals surface area contributed by atoms with E-state index in [0.717, 1.165) is 28.6 Å². The van der Waals surface area contributed by atoms with Crippen LogP contribution < -0.4 is 15.4 Å². The first-order valence-corrected chi connectivity index (χ1v) is 14.3. The van der Waals surface area contributed by atoms with Crippen LogP contribution >= 0.6 is 11.6 Å². The third-order valence-electron chi connectivity index (χ3n) is 6.23. The van der Waals surface area contributed by atoms with E-state index in [0.29, 0.717) is 34.9 Å². The summed E-state index contributed by atoms with van der Waals surface area (Å²) in [5.41, 5.74) is 2.79. The maximum atomic E-state index is 13.3. The summed E-state index contributed by atoms with van der Waals surface area (Å²) >= 11 is 6.39. The van der Waals surface area contributed by atoms with Gasteiger partial charge in [0.25, 0.3) is 10.0 Å². The molecule has 1 aliphatic heterocycles. The Morgan fingerprint density at radius 3 is 2.56 bits per heavy atom. The van der Waals surface area contributed by atoms with Gasteiger partial charge in [0.2, 0.25) is 11.8 Å². The number of carbonyl (C=O) groups is 2. The van der Waals surface area contributed by atoms with Crippen LogP contribution in [-0.2, 0) is 32.6 Å². The van der Waals surface area contributed by atoms with Crippen molar-refractivity contribution in [1.82, 2.24) is 19.4 Å². The van der Waals surface area contributed by atoms with Gasteiger partial charge in [-0.05, 0) is 68.4 Å². The highest BCUT2D eigenvalue weighted by molar-refractivity contribution is 7.89. The van der Waals surface area contributed by atoms with Crippen molar-refractivity contribution in [1.29, 1.82) is 0 Å². The summed E-state index contributed by atoms with van der Waals surface area (Å²) in [6.07, 6.45) is 3.45. The number of anilines is 1. The molecule has 2 amide bonds. The predicted octanol–water partition coefficient (Wildman–Crippen LogP) is 2.47. The second-order valence-corrected chi connectivity index (χ2v) is 11.9. The largest absolute Gasteiger partial charge is 0.497 e. The number of ether oxygens (including phenoxy) is 1. The van der Waals surface area contributed by atoms with Crippen molar-refractivity contribution >= 4 is 39.1 Å². The molecule has 1 aliphatic rings. The van der Waals surface area contributed by atoms with Crippen molar-refractivity contribution in [2.75, 3.05) is 59.7 Å². The van der Waals surface area contributed by atoms with Gasteiger partial charge in [0.1, 0.15) is 12.3 Å². The van der Waals surface area contributed by atoms with Gasteiger partial charge in [0, 0.05) is 32.9 Å². The lowest BCUT2D eigenvalue weighted by molar-refractivity contribution is -0.132. The number of hydrogen-bond donors (Lipinski definition) is 2. The van der Waals surface area contributed by atoms with Gasteiger partial charge in [-0.25, -0.2) is 8.42 Å². The van der Waals surface area contributed by atoms with Crippen LogP contribution in [0.5, 0.6) is 5.75 Å². The van der Waals surface area contributed by atoms with Crippen molar-refractivity contribution in [3.63, 3.8) is 0 Å². The molecule has 0 bridgehead atoms. The van der Waals surface area contributed by atoms with E-state index in [1.165, 1.54) is 18.2 Å². The minimum Gasteiger partial charge on any atom is -0.497 e. The molecule has 12 heteroatoms. The Morgan fingerprint density at radius 2 is 1.90 bits per heavy atom. The van der Waals surface area contributed by atoms with E-state index in [2.05, 4.69) is 15.5 Å². The van der Waals surface area contributed by atoms with Gasteiger partial charge >= 0.3 is 0 Å². The summed E-state index contributed by atoms with van der Waals surface area (Å²) in [5.74, 6) is -0.343. The number of likely N-dealkylation sites (N-methyl/N-ethyl adjacent to an activating group) is 2. The van der Waals surface area contributed by atoms with Crippen LogP contribution in [0.4, 0.5) is 5.69 Å². The summed E-state index contributed by atoms with van der Waals surface area (Å²) in [6, 6.07) is 8.90. The molecule has 0 spiro atoms. The van der Waals surface area contributed by atoms with Crippen molar-refractivity contribution < 1.29 is 22.7 Å². The second-order valence-electron chi connectivity index (χ2n) is 9.64. The van der Waals surface area contributed by atoms with Gasteiger partial charge in [0.05, 0.1) is 29.3 Å². The minimum atomic E-state index is -3.97. The molecule has 0 atom stereocenters. The van der Waals surface area contributed by atoms with E-state index in [-0.39, 0.29) is 17.3 Å². The maximum Gasteiger partial charge on any atom is 0.264 e. The molecule has 1 heterocycles. The van der Waals surface area contributed by atoms with Crippen LogP contribution in [-0.4, -0.2) is 88.8 Å². The molecule has 3 rings (SSSR count). The van der Waals surface area contributed by atoms with Gasteiger partial charge in [-0.3, -0.25) is 13.9 Å². The summed E-state index contributed by atoms with van der Waals surface area (Å²) in [7, 11) is 3.17. The van der Waals surface area contributed by atoms with Crippen molar-refractivity contribution in [3.05, 3.63) is 64.3 Å². The zero-order valence-corrected chi connectivity index (χ0v) is 24.5. The fraction of sp³-hybridized carbons (Fsp3) is 0.407. The van der Waals surface area contributed by atoms with Crippen LogP contribution in [0, 0.1) is 6.92 Å². The van der Waals surface area contributed by atoms with E-state index in [9.17, 15) is 18.0 Å². The fourth-order valence-corrected chi connectivity index (χ4v) is 6.14. The number of aryl methyl sites for hydroxylation is 1. The smallest absolute Gasteiger partial charge is 0.264 e. The first-order chi connectivity index (χ1) is 18.4. The Balaban J connectivity index is 1.56. The molecular weight excluding hydrogens is 542 g/mol. The number of rotatable bonds is 11. The first kappa shape index (κ1) is 30.3. The predicted molar refractivity (Wildman–Crippen MR) is 152 cm³/mol. The first-order valence-electron chi connectivity index (χ1n) is 12.5. The molecule has 39 heavy (non-hydrogen) atoms. The molecule has 0 saturated heterocycles. The van der Waals surface area contributed by atoms with E-state index >= 15 is 0 Å². The number of nitrogens with zero attached hydrogens (tertiary/aromatic N) is 3. The van der Waals surface area contributed by atoms with Crippen LogP contribution in [0.15, 0.2) is 47.5 Å². The van der Waals surface area contributed by atoms with Crippen LogP contribution in [0.1, 0.15) is 16.7 Å². The minimum absolute atomic E-state index is 0.162. The molecule has 0 aliphatic carbocycles. The Bertz CT molecular complexity index is 1350. The molecule has 212 valence electrons. The number of fused-ring (bicyclic) bond motifs is 1. The third-order valence-corrected chi connectivity index (χ3v) is 8.51. The van der Waals surface area contributed by atoms with Crippen molar-refractivity contribution in [3.8, 4) is 5.75 Å². The van der Waals surface area contributed by atoms with Gasteiger partial charge < -0.3 is 25.2 Å². The van der Waals surface area contributed by atoms with E-state index in [1.807, 2.05) is 26.2 Å². The Labute approximate surface area is 235 Å². The molecule has 2 N–H and O–H groups in total. The number of methoxy groups -OCH3 is 1. The normalized spacial score (nSPS) is 14.0. The highest BCUT2D eigenvalue weighted by Crippen LogP contribution is 2.31. The van der Waals surface area contributed by atoms with Crippen molar-refractivity contribution in [2.24, 2.45) is 0 Å². The standard InChI is InChI=1S/C27H36ClN5O5S/c1-19-13-22(38-5)15-21-7-6-11-33(39(36,37)27(19)21)18-25(34)30-16-26(35)32(4)17-20-8-9-24(23(28)14-20)29-10-12-31(2)3/h6,8-9,11,13-15,29H,7,10,12,16-18H2,1-5H3,(H,30,34). The highest BCUT2D eigenvalue weighted by atomic mass is 35.5. The Kier molecular flexibility index (Phi) is 10.2. The maximum absolute atomic E-state index is 13.3. The van der Waals surface area contributed by atoms with Crippen molar-refractivity contribution in [2.45, 2.75) is 24.8 Å². The molecular formula is C27H36ClN5O5S. The molecule has 10 nitrogen and oxygen atoms in total. The lowest BCUT2D eigenvalue weighted by Gasteiger charge is -2.22. The second kappa shape index (κ2) is 13.2. The average Bonchev–Trinajstić information content (AvgIpc) is 2.99. The number of sulfonamides is 1. The van der Waals surface area contributed by atoms with Gasteiger partial charge in [0.15, 0.2) is 0 Å². The molecule has 0 aromatic heterocycles. The highest BCUT2D eigenvalue weighted by Gasteiger charge is 2.30. The van der Waals surface area contributed by atoms with E-state index < -0.39 is 22.5 Å². The summed E-state index contributed by atoms with van der Waals surface area (Å²) < 4.78 is 32.9. The topological polar surface area (TPSA) is 111 Å². The average molecular weight is 578 g/mol. The van der Waals surface area contributed by atoms with Gasteiger partial charge in [-0.2, -0.15) is 0 Å². The van der Waals surface area contributed by atoms with E-state index in [1.54, 1.807) is 38.2 Å². The molecule has 0 fully saturated rings. The number of allylic oxidation sites excluding steroid dienone is 1. The number of hydrogen-bond acceptors (Lipinski definition) is 7. The number of benzene rings is 2. The van der Waals surface area contributed by atoms with Gasteiger partial charge in [-0.15, -0.1) is 0 Å². The Morgan fingerprint density at radius 1 is 1.15 bits per heavy atom. The number of amides is 2. The summed E-state index contributed by atoms with van der Waals surface area (Å²) in [4.78, 5) is 29.0. The molecule has 2 aromatic rings. The third kappa shape index (κ3) is 7.87. The number of nitrogens with one attached hydrogen (secondary N) is 2. The number of carbonyl (C=O) groups excluding carboxylic acids is 2. The Hall–Kier alpha value is -3.28. The molecule has 0 saturated carbocycles. The fourth-order valence-electron chi connectivity index (χ4n) is 4.17. The molecule has 2 aromatic carbocycles. The van der Waals surface area contributed by atoms with Gasteiger partial charge in [-0.1, -0.05) is 23.7 Å². The lowest BCUT2D eigenvalue weighted by atomic mass is 10.1. The van der Waals surface area contributed by atoms with Crippen LogP contribution in [0.2, 0.25) is 5.02 Å². The zero-order valence-electron chi connectivity index (χ0n) is 23.0. The number of halogens is 1. The lowest BCUT2D eigenvalue weighted by Crippen LogP contribution is -2.42. The monoisotopic (exact) mass is 577 g/mol. The quantitative estimate of drug-likeness (QED) is 0.422. The van der Waals surface area contributed by atoms with Crippen LogP contribution in [0.25, 0.3) is 0 Å². The zero-order chi connectivity index (χ0) is 28.7.